The Morgan fingerprint density at radius 1 is 1.12 bits per heavy atom. The zero-order valence-electron chi connectivity index (χ0n) is 14.2. The summed E-state index contributed by atoms with van der Waals surface area (Å²) < 4.78 is 17.4. The van der Waals surface area contributed by atoms with Gasteiger partial charge >= 0.3 is 6.01 Å². The SMILES string of the molecule is COc1cc(OC)cc(-c2nnc(NC(=O)c3cc(C)nn3C)o2)c1. The Bertz CT molecular complexity index is 893. The van der Waals surface area contributed by atoms with Gasteiger partial charge < -0.3 is 13.9 Å². The third-order valence-electron chi connectivity index (χ3n) is 3.48. The van der Waals surface area contributed by atoms with E-state index >= 15 is 0 Å². The maximum Gasteiger partial charge on any atom is 0.322 e. The second-order valence-corrected chi connectivity index (χ2v) is 5.26. The van der Waals surface area contributed by atoms with Crippen LogP contribution in [0.15, 0.2) is 28.7 Å². The number of methoxy groups -OCH3 is 2. The first-order valence-corrected chi connectivity index (χ1v) is 7.39. The van der Waals surface area contributed by atoms with Crippen LogP contribution >= 0.6 is 0 Å². The molecule has 0 spiro atoms. The molecule has 25 heavy (non-hydrogen) atoms. The lowest BCUT2D eigenvalue weighted by Gasteiger charge is -2.05. The van der Waals surface area contributed by atoms with Gasteiger partial charge in [-0.05, 0) is 25.1 Å². The van der Waals surface area contributed by atoms with Gasteiger partial charge in [0, 0.05) is 18.7 Å². The maximum atomic E-state index is 12.3. The predicted octanol–water partition coefficient (Wildman–Crippen LogP) is 2.05. The van der Waals surface area contributed by atoms with Crippen molar-refractivity contribution in [1.29, 1.82) is 0 Å². The van der Waals surface area contributed by atoms with E-state index in [2.05, 4.69) is 20.6 Å². The summed E-state index contributed by atoms with van der Waals surface area (Å²) in [5, 5.41) is 14.5. The molecule has 0 unspecified atom stereocenters. The van der Waals surface area contributed by atoms with Gasteiger partial charge in [-0.3, -0.25) is 14.8 Å². The van der Waals surface area contributed by atoms with Crippen molar-refractivity contribution in [3.63, 3.8) is 0 Å². The van der Waals surface area contributed by atoms with Crippen molar-refractivity contribution in [2.24, 2.45) is 7.05 Å². The zero-order valence-corrected chi connectivity index (χ0v) is 14.2. The molecule has 0 fully saturated rings. The molecule has 0 bridgehead atoms. The Hall–Kier alpha value is -3.36. The number of aryl methyl sites for hydroxylation is 2. The number of nitrogens with zero attached hydrogens (tertiary/aromatic N) is 4. The van der Waals surface area contributed by atoms with Crippen molar-refractivity contribution < 1.29 is 18.7 Å². The molecule has 3 aromatic rings. The van der Waals surface area contributed by atoms with Gasteiger partial charge in [-0.25, -0.2) is 0 Å². The number of carbonyl (C=O) groups excluding carboxylic acids is 1. The second kappa shape index (κ2) is 6.63. The van der Waals surface area contributed by atoms with Gasteiger partial charge in [0.2, 0.25) is 5.89 Å². The number of rotatable bonds is 5. The highest BCUT2D eigenvalue weighted by atomic mass is 16.5. The first-order valence-electron chi connectivity index (χ1n) is 7.39. The van der Waals surface area contributed by atoms with Crippen LogP contribution in [-0.4, -0.2) is 40.1 Å². The van der Waals surface area contributed by atoms with Crippen molar-refractivity contribution in [3.8, 4) is 23.0 Å². The summed E-state index contributed by atoms with van der Waals surface area (Å²) in [6, 6.07) is 6.84. The topological polar surface area (TPSA) is 104 Å². The average molecular weight is 343 g/mol. The molecule has 2 aromatic heterocycles. The van der Waals surface area contributed by atoms with E-state index in [1.807, 2.05) is 0 Å². The van der Waals surface area contributed by atoms with Gasteiger partial charge in [0.25, 0.3) is 5.91 Å². The van der Waals surface area contributed by atoms with Crippen molar-refractivity contribution in [2.75, 3.05) is 19.5 Å². The molecule has 0 aliphatic rings. The Morgan fingerprint density at radius 2 is 1.80 bits per heavy atom. The third-order valence-corrected chi connectivity index (χ3v) is 3.48. The molecule has 2 heterocycles. The summed E-state index contributed by atoms with van der Waals surface area (Å²) in [5.41, 5.74) is 1.74. The maximum absolute atomic E-state index is 12.3. The Labute approximate surface area is 143 Å². The van der Waals surface area contributed by atoms with Crippen molar-refractivity contribution in [2.45, 2.75) is 6.92 Å². The van der Waals surface area contributed by atoms with Gasteiger partial charge in [-0.15, -0.1) is 5.10 Å². The fourth-order valence-corrected chi connectivity index (χ4v) is 2.31. The molecule has 3 rings (SSSR count). The van der Waals surface area contributed by atoms with Gasteiger partial charge in [-0.2, -0.15) is 5.10 Å². The van der Waals surface area contributed by atoms with E-state index in [-0.39, 0.29) is 17.8 Å². The summed E-state index contributed by atoms with van der Waals surface area (Å²) in [6.45, 7) is 1.80. The van der Waals surface area contributed by atoms with Gasteiger partial charge in [-0.1, -0.05) is 5.10 Å². The van der Waals surface area contributed by atoms with Crippen molar-refractivity contribution in [3.05, 3.63) is 35.7 Å². The molecule has 0 atom stereocenters. The summed E-state index contributed by atoms with van der Waals surface area (Å²) >= 11 is 0. The number of nitrogens with one attached hydrogen (secondary N) is 1. The van der Waals surface area contributed by atoms with E-state index in [4.69, 9.17) is 13.9 Å². The lowest BCUT2D eigenvalue weighted by molar-refractivity contribution is 0.101. The van der Waals surface area contributed by atoms with Crippen LogP contribution in [0.2, 0.25) is 0 Å². The standard InChI is InChI=1S/C16H17N5O4/c1-9-5-13(21(2)20-9)14(22)17-16-19-18-15(25-16)10-6-11(23-3)8-12(7-10)24-4/h5-8H,1-4H3,(H,17,19,22). The highest BCUT2D eigenvalue weighted by Crippen LogP contribution is 2.29. The number of hydrogen-bond donors (Lipinski definition) is 1. The minimum Gasteiger partial charge on any atom is -0.497 e. The monoisotopic (exact) mass is 343 g/mol. The fraction of sp³-hybridized carbons (Fsp3) is 0.250. The zero-order chi connectivity index (χ0) is 18.0. The molecule has 9 nitrogen and oxygen atoms in total. The molecule has 1 N–H and O–H groups in total. The molecular weight excluding hydrogens is 326 g/mol. The van der Waals surface area contributed by atoms with Crippen LogP contribution in [-0.2, 0) is 7.05 Å². The molecule has 1 aromatic carbocycles. The van der Waals surface area contributed by atoms with E-state index in [9.17, 15) is 4.79 Å². The number of ether oxygens (including phenoxy) is 2. The average Bonchev–Trinajstić information content (AvgIpc) is 3.20. The van der Waals surface area contributed by atoms with Crippen LogP contribution in [0.1, 0.15) is 16.2 Å². The number of aromatic nitrogens is 4. The quantitative estimate of drug-likeness (QED) is 0.756. The molecule has 0 radical (unpaired) electrons. The first kappa shape index (κ1) is 16.5. The Morgan fingerprint density at radius 3 is 2.36 bits per heavy atom. The second-order valence-electron chi connectivity index (χ2n) is 5.26. The Kier molecular flexibility index (Phi) is 4.38. The van der Waals surface area contributed by atoms with Gasteiger partial charge in [0.05, 0.1) is 19.9 Å². The summed E-state index contributed by atoms with van der Waals surface area (Å²) in [7, 11) is 4.78. The predicted molar refractivity (Wildman–Crippen MR) is 88.7 cm³/mol. The number of amides is 1. The number of benzene rings is 1. The summed E-state index contributed by atoms with van der Waals surface area (Å²) in [4.78, 5) is 12.3. The molecule has 0 saturated carbocycles. The smallest absolute Gasteiger partial charge is 0.322 e. The van der Waals surface area contributed by atoms with Gasteiger partial charge in [0.15, 0.2) is 0 Å². The lowest BCUT2D eigenvalue weighted by Crippen LogP contribution is -2.16. The van der Waals surface area contributed by atoms with Gasteiger partial charge in [0.1, 0.15) is 17.2 Å². The Balaban J connectivity index is 1.83. The van der Waals surface area contributed by atoms with E-state index in [0.29, 0.717) is 22.8 Å². The van der Waals surface area contributed by atoms with Crippen LogP contribution in [0.25, 0.3) is 11.5 Å². The van der Waals surface area contributed by atoms with Crippen molar-refractivity contribution >= 4 is 11.9 Å². The molecule has 0 aliphatic carbocycles. The first-order chi connectivity index (χ1) is 12.0. The number of anilines is 1. The van der Waals surface area contributed by atoms with Crippen LogP contribution in [0.5, 0.6) is 11.5 Å². The molecule has 130 valence electrons. The molecule has 9 heteroatoms. The lowest BCUT2D eigenvalue weighted by atomic mass is 10.2. The van der Waals surface area contributed by atoms with Crippen LogP contribution in [0.4, 0.5) is 6.01 Å². The highest BCUT2D eigenvalue weighted by Gasteiger charge is 2.17. The molecule has 0 aliphatic heterocycles. The summed E-state index contributed by atoms with van der Waals surface area (Å²) in [5.74, 6) is 1.02. The minimum absolute atomic E-state index is 0.0133. The van der Waals surface area contributed by atoms with Crippen LogP contribution in [0.3, 0.4) is 0 Å². The van der Waals surface area contributed by atoms with Crippen LogP contribution < -0.4 is 14.8 Å². The van der Waals surface area contributed by atoms with E-state index in [1.54, 1.807) is 52.5 Å². The molecule has 0 saturated heterocycles. The largest absolute Gasteiger partial charge is 0.497 e. The molecular formula is C16H17N5O4. The highest BCUT2D eigenvalue weighted by molar-refractivity contribution is 6.01. The minimum atomic E-state index is -0.387. The fourth-order valence-electron chi connectivity index (χ4n) is 2.31. The normalized spacial score (nSPS) is 10.6. The summed E-state index contributed by atoms with van der Waals surface area (Å²) in [6.07, 6.45) is 0. The van der Waals surface area contributed by atoms with E-state index in [0.717, 1.165) is 5.69 Å². The van der Waals surface area contributed by atoms with Crippen LogP contribution in [0, 0.1) is 6.92 Å². The molecule has 1 amide bonds. The number of hydrogen-bond acceptors (Lipinski definition) is 7. The van der Waals surface area contributed by atoms with E-state index in [1.165, 1.54) is 4.68 Å². The van der Waals surface area contributed by atoms with E-state index < -0.39 is 0 Å². The van der Waals surface area contributed by atoms with Crippen molar-refractivity contribution in [1.82, 2.24) is 20.0 Å². The number of carbonyl (C=O) groups is 1. The third kappa shape index (κ3) is 3.44.